The number of carbonyl (C=O) groups excluding carboxylic acids is 6. The van der Waals surface area contributed by atoms with Gasteiger partial charge in [0.2, 0.25) is 17.7 Å². The molecule has 0 radical (unpaired) electrons. The Bertz CT molecular complexity index is 5730. The summed E-state index contributed by atoms with van der Waals surface area (Å²) in [6, 6.07) is 92.5. The molecular weight excluding hydrogens is 1570 g/mol. The molecule has 17 rings (SSSR count). The number of anilines is 1. The van der Waals surface area contributed by atoms with Crippen molar-refractivity contribution < 1.29 is 28.8 Å². The van der Waals surface area contributed by atoms with E-state index in [0.717, 1.165) is 74.6 Å². The van der Waals surface area contributed by atoms with E-state index in [1.165, 1.54) is 65.5 Å². The van der Waals surface area contributed by atoms with Crippen LogP contribution in [0.2, 0.25) is 0 Å². The van der Waals surface area contributed by atoms with E-state index in [9.17, 15) is 28.8 Å². The number of fused-ring (bicyclic) bond motifs is 7. The molecule has 15 N–H and O–H groups in total. The lowest BCUT2D eigenvalue weighted by Gasteiger charge is -2.29. The van der Waals surface area contributed by atoms with Crippen LogP contribution in [0.1, 0.15) is 142 Å². The van der Waals surface area contributed by atoms with E-state index in [2.05, 4.69) is 173 Å². The van der Waals surface area contributed by atoms with Gasteiger partial charge < -0.3 is 69.5 Å². The SMILES string of the molecule is NC(N)=NCCC[C@@H]1N[C@H](CNC(=O)c2ccc3ccccc3c2)CCN(c2ccc3ccccc3c2)C1=O.NC(N)=NC[C@@H]1N[C@H](CNC(=O)c2ccc3ccccc3c2)CCN(CC2c3ccccc3-c3ccccc32)C1=O.O=C(NC[C@@H]1CCN(CC(c2ccccc2)c2ccccc2)C(=O)[C@H](CCCNC2CCCCC2)N1)c1ccc2ccccc2c1. The Kier molecular flexibility index (Phi) is 29.9. The van der Waals surface area contributed by atoms with Crippen molar-refractivity contribution in [2.45, 2.75) is 131 Å². The monoisotopic (exact) mass is 1680 g/mol. The van der Waals surface area contributed by atoms with Crippen LogP contribution >= 0.6 is 0 Å². The molecule has 0 unspecified atom stereocenters. The molecule has 22 nitrogen and oxygen atoms in total. The Morgan fingerprint density at radius 3 is 1.29 bits per heavy atom. The average Bonchev–Trinajstić information content (AvgIpc) is 1.61. The molecule has 5 aliphatic rings. The fraction of sp³-hybridized carbons (Fsp3) is 0.308. The van der Waals surface area contributed by atoms with E-state index in [1.54, 1.807) is 0 Å². The molecule has 6 atom stereocenters. The summed E-state index contributed by atoms with van der Waals surface area (Å²) in [6.07, 6.45) is 11.6. The Morgan fingerprint density at radius 2 is 0.802 bits per heavy atom. The number of rotatable bonds is 27. The number of aliphatic imine (C=N–C) groups is 2. The van der Waals surface area contributed by atoms with Gasteiger partial charge in [-0.05, 0) is 189 Å². The van der Waals surface area contributed by atoms with Gasteiger partial charge in [0.25, 0.3) is 17.7 Å². The molecule has 12 aromatic carbocycles. The summed E-state index contributed by atoms with van der Waals surface area (Å²) in [5.74, 6) is -0.0718. The van der Waals surface area contributed by atoms with Crippen molar-refractivity contribution in [2.75, 3.05) is 76.9 Å². The third-order valence-corrected chi connectivity index (χ3v) is 25.2. The van der Waals surface area contributed by atoms with E-state index in [4.69, 9.17) is 22.9 Å². The topological polar surface area (TPSA) is 325 Å². The van der Waals surface area contributed by atoms with Crippen molar-refractivity contribution >= 4 is 96.1 Å². The van der Waals surface area contributed by atoms with Crippen molar-refractivity contribution in [1.29, 1.82) is 0 Å². The van der Waals surface area contributed by atoms with Crippen LogP contribution < -0.4 is 65.1 Å². The summed E-state index contributed by atoms with van der Waals surface area (Å²) in [6.45, 7) is 5.71. The number of nitrogens with zero attached hydrogens (tertiary/aromatic N) is 5. The normalized spacial score (nSPS) is 18.5. The largest absolute Gasteiger partial charge is 0.370 e. The highest BCUT2D eigenvalue weighted by atomic mass is 16.2. The maximum Gasteiger partial charge on any atom is 0.251 e. The van der Waals surface area contributed by atoms with Gasteiger partial charge in [0, 0.05) is 117 Å². The Morgan fingerprint density at radius 1 is 0.397 bits per heavy atom. The Hall–Kier alpha value is -13.1. The van der Waals surface area contributed by atoms with Gasteiger partial charge in [-0.15, -0.1) is 0 Å². The minimum Gasteiger partial charge on any atom is -0.370 e. The van der Waals surface area contributed by atoms with Crippen LogP contribution in [0.5, 0.6) is 0 Å². The van der Waals surface area contributed by atoms with E-state index < -0.39 is 12.1 Å². The van der Waals surface area contributed by atoms with Crippen molar-refractivity contribution in [3.8, 4) is 11.1 Å². The lowest BCUT2D eigenvalue weighted by molar-refractivity contribution is -0.133. The van der Waals surface area contributed by atoms with Crippen LogP contribution in [0, 0.1) is 0 Å². The molecule has 3 heterocycles. The molecule has 2 aliphatic carbocycles. The standard InChI is InChI=1S/C40H48N4O2.C33H34N6O2.C31H34N6O2/c45-39(34-23-22-30-13-10-11-18-33(30)27-34)42-28-36-24-26-44(29-37(31-14-4-1-5-15-31)32-16-6-2-7-17-32)40(46)38(43-36)21-12-25-41-35-19-8-3-9-20-35;34-33(35)37-19-30-32(41)39(20-29-27-11-5-3-9-25(27)26-10-4-6-12-28(26)29)16-15-24(38-30)18-36-31(40)23-14-13-21-7-1-2-8-22(21)17-23;32-31(33)34-16-5-10-28-30(39)37(27-14-13-22-7-2-4-9-24(22)19-27)17-15-26(36-28)20-35-29(38)25-12-11-21-6-1-3-8-23(21)18-25/h1-2,4-7,10-11,13-18,22-23,27,35-38,41,43H,3,8-9,12,19-21,24-26,28-29H2,(H,42,45);1-14,17,24,29-30,38H,15-16,18-20H2,(H,36,40)(H4,34,35,37);1-4,6-9,11-14,18-19,26,28,36H,5,10,15-17,20H2,(H,35,38)(H4,32,33,34)/t36-,38-;24-,30-;26-,28-/m000/s1. The maximum atomic E-state index is 14.2. The van der Waals surface area contributed by atoms with Gasteiger partial charge in [-0.2, -0.15) is 0 Å². The third kappa shape index (κ3) is 22.9. The van der Waals surface area contributed by atoms with Crippen LogP contribution in [-0.2, 0) is 14.4 Å². The first-order chi connectivity index (χ1) is 61.6. The number of nitrogens with one attached hydrogen (secondary N) is 7. The van der Waals surface area contributed by atoms with Gasteiger partial charge >= 0.3 is 0 Å². The summed E-state index contributed by atoms with van der Waals surface area (Å²) in [5.41, 5.74) is 32.3. The molecule has 648 valence electrons. The van der Waals surface area contributed by atoms with Crippen molar-refractivity contribution in [3.05, 3.63) is 318 Å². The summed E-state index contributed by atoms with van der Waals surface area (Å²) >= 11 is 0. The predicted octanol–water partition coefficient (Wildman–Crippen LogP) is 13.4. The third-order valence-electron chi connectivity index (χ3n) is 25.2. The summed E-state index contributed by atoms with van der Waals surface area (Å²) in [5, 5.41) is 32.3. The quantitative estimate of drug-likeness (QED) is 0.0130. The number of amides is 6. The molecule has 4 fully saturated rings. The zero-order chi connectivity index (χ0) is 87.1. The molecule has 3 saturated heterocycles. The van der Waals surface area contributed by atoms with Gasteiger partial charge in [0.1, 0.15) is 6.04 Å². The van der Waals surface area contributed by atoms with Gasteiger partial charge in [-0.25, -0.2) is 0 Å². The van der Waals surface area contributed by atoms with Crippen LogP contribution in [0.15, 0.2) is 289 Å². The highest BCUT2D eigenvalue weighted by Gasteiger charge is 2.38. The van der Waals surface area contributed by atoms with E-state index in [1.807, 2.05) is 168 Å². The smallest absolute Gasteiger partial charge is 0.251 e. The minimum atomic E-state index is -0.603. The first-order valence-electron chi connectivity index (χ1n) is 44.7. The second kappa shape index (κ2) is 43.0. The zero-order valence-electron chi connectivity index (χ0n) is 71.5. The molecule has 126 heavy (non-hydrogen) atoms. The Balaban J connectivity index is 0.000000146. The lowest BCUT2D eigenvalue weighted by Crippen LogP contribution is -2.51. The molecule has 0 spiro atoms. The van der Waals surface area contributed by atoms with Gasteiger partial charge in [0.05, 0.1) is 18.6 Å². The number of hydrogen-bond acceptors (Lipinski definition) is 12. The highest BCUT2D eigenvalue weighted by Crippen LogP contribution is 2.45. The second-order valence-electron chi connectivity index (χ2n) is 33.8. The first kappa shape index (κ1) is 87.8. The summed E-state index contributed by atoms with van der Waals surface area (Å²) in [4.78, 5) is 95.1. The molecule has 22 heteroatoms. The maximum absolute atomic E-state index is 14.2. The number of nitrogens with two attached hydrogens (primary N) is 4. The molecular formula is C104H116N16O6. The Labute approximate surface area is 737 Å². The van der Waals surface area contributed by atoms with Crippen LogP contribution in [0.25, 0.3) is 54.2 Å². The number of guanidine groups is 2. The zero-order valence-corrected chi connectivity index (χ0v) is 71.5. The number of carbonyl (C=O) groups is 6. The van der Waals surface area contributed by atoms with E-state index >= 15 is 0 Å². The molecule has 12 aromatic rings. The molecule has 3 aliphatic heterocycles. The van der Waals surface area contributed by atoms with Crippen molar-refractivity contribution in [1.82, 2.24) is 47.0 Å². The van der Waals surface area contributed by atoms with E-state index in [0.29, 0.717) is 107 Å². The molecule has 0 bridgehead atoms. The number of benzene rings is 12. The highest BCUT2D eigenvalue weighted by molar-refractivity contribution is 6.02. The fourth-order valence-electron chi connectivity index (χ4n) is 18.4. The van der Waals surface area contributed by atoms with Crippen LogP contribution in [0.4, 0.5) is 5.69 Å². The van der Waals surface area contributed by atoms with Gasteiger partial charge in [0.15, 0.2) is 11.9 Å². The van der Waals surface area contributed by atoms with Crippen LogP contribution in [-0.4, -0.2) is 171 Å². The van der Waals surface area contributed by atoms with Gasteiger partial charge in [-0.3, -0.25) is 44.1 Å². The molecule has 0 aromatic heterocycles. The van der Waals surface area contributed by atoms with Crippen molar-refractivity contribution in [2.24, 2.45) is 32.9 Å². The molecule has 1 saturated carbocycles. The summed E-state index contributed by atoms with van der Waals surface area (Å²) in [7, 11) is 0. The van der Waals surface area contributed by atoms with Crippen molar-refractivity contribution in [3.63, 3.8) is 0 Å². The summed E-state index contributed by atoms with van der Waals surface area (Å²) < 4.78 is 0. The minimum absolute atomic E-state index is 0.00145. The van der Waals surface area contributed by atoms with E-state index in [-0.39, 0.29) is 89.9 Å². The second-order valence-corrected chi connectivity index (χ2v) is 33.8. The van der Waals surface area contributed by atoms with Crippen LogP contribution in [0.3, 0.4) is 0 Å². The lowest BCUT2D eigenvalue weighted by atomic mass is 9.90. The fourth-order valence-corrected chi connectivity index (χ4v) is 18.4. The molecule has 6 amide bonds. The predicted molar refractivity (Wildman–Crippen MR) is 507 cm³/mol. The number of hydrogen-bond donors (Lipinski definition) is 11. The average molecular weight is 1690 g/mol. The van der Waals surface area contributed by atoms with Gasteiger partial charge in [-0.1, -0.05) is 250 Å². The first-order valence-corrected chi connectivity index (χ1v) is 44.7.